The smallest absolute Gasteiger partial charge is 0.252 e. The van der Waals surface area contributed by atoms with Crippen molar-refractivity contribution in [2.45, 2.75) is 26.8 Å². The van der Waals surface area contributed by atoms with Crippen LogP contribution in [0.3, 0.4) is 0 Å². The van der Waals surface area contributed by atoms with Crippen molar-refractivity contribution < 1.29 is 19.1 Å². The van der Waals surface area contributed by atoms with Gasteiger partial charge in [0.15, 0.2) is 0 Å². The monoisotopic (exact) mass is 466 g/mol. The molecular formula is C26H34N4O4. The lowest BCUT2D eigenvalue weighted by Crippen LogP contribution is -2.51. The van der Waals surface area contributed by atoms with Crippen LogP contribution >= 0.6 is 0 Å². The minimum atomic E-state index is -0.738. The first-order chi connectivity index (χ1) is 16.3. The highest BCUT2D eigenvalue weighted by Gasteiger charge is 2.28. The van der Waals surface area contributed by atoms with Crippen LogP contribution in [0.4, 0.5) is 11.4 Å². The molecule has 182 valence electrons. The summed E-state index contributed by atoms with van der Waals surface area (Å²) in [5.74, 6) is -1.06. The van der Waals surface area contributed by atoms with Crippen LogP contribution in [0, 0.1) is 12.8 Å². The number of nitrogens with one attached hydrogen (secondary N) is 2. The van der Waals surface area contributed by atoms with Crippen LogP contribution in [0.2, 0.25) is 0 Å². The number of carbonyl (C=O) groups is 3. The Labute approximate surface area is 201 Å². The SMILES string of the molecule is Cc1ccccc1C(=O)N[C@H](C(=O)N(C)CC(=O)Nc1ccc(N2CCOCC2)cc1)C(C)C. The van der Waals surface area contributed by atoms with Gasteiger partial charge in [0.25, 0.3) is 5.91 Å². The molecule has 0 bridgehead atoms. The van der Waals surface area contributed by atoms with Crippen LogP contribution < -0.4 is 15.5 Å². The quantitative estimate of drug-likeness (QED) is 0.624. The number of ether oxygens (including phenoxy) is 1. The molecule has 8 nitrogen and oxygen atoms in total. The summed E-state index contributed by atoms with van der Waals surface area (Å²) in [5.41, 5.74) is 3.11. The number of amides is 3. The average molecular weight is 467 g/mol. The normalized spacial score (nSPS) is 14.4. The van der Waals surface area contributed by atoms with Crippen LogP contribution in [0.1, 0.15) is 29.8 Å². The summed E-state index contributed by atoms with van der Waals surface area (Å²) < 4.78 is 5.38. The molecule has 3 amide bonds. The molecule has 8 heteroatoms. The van der Waals surface area contributed by atoms with Crippen LogP contribution in [0.5, 0.6) is 0 Å². The molecule has 0 aromatic heterocycles. The molecule has 1 saturated heterocycles. The number of benzene rings is 2. The van der Waals surface area contributed by atoms with Gasteiger partial charge in [-0.05, 0) is 48.7 Å². The van der Waals surface area contributed by atoms with Gasteiger partial charge in [-0.1, -0.05) is 32.0 Å². The number of morpholine rings is 1. The zero-order valence-electron chi connectivity index (χ0n) is 20.3. The maximum atomic E-state index is 13.1. The zero-order chi connectivity index (χ0) is 24.7. The van der Waals surface area contributed by atoms with Gasteiger partial charge in [-0.2, -0.15) is 0 Å². The number of rotatable bonds is 8. The van der Waals surface area contributed by atoms with Gasteiger partial charge in [0.05, 0.1) is 19.8 Å². The maximum absolute atomic E-state index is 13.1. The van der Waals surface area contributed by atoms with Crippen LogP contribution in [0.15, 0.2) is 48.5 Å². The molecule has 0 unspecified atom stereocenters. The number of hydrogen-bond donors (Lipinski definition) is 2. The Bertz CT molecular complexity index is 1000. The first-order valence-electron chi connectivity index (χ1n) is 11.6. The van der Waals surface area contributed by atoms with Gasteiger partial charge in [-0.25, -0.2) is 0 Å². The predicted octanol–water partition coefficient (Wildman–Crippen LogP) is 2.68. The van der Waals surface area contributed by atoms with E-state index in [1.807, 2.05) is 57.2 Å². The van der Waals surface area contributed by atoms with Gasteiger partial charge in [0.1, 0.15) is 6.04 Å². The van der Waals surface area contributed by atoms with E-state index in [1.165, 1.54) is 4.90 Å². The van der Waals surface area contributed by atoms with E-state index < -0.39 is 6.04 Å². The van der Waals surface area contributed by atoms with E-state index >= 15 is 0 Å². The summed E-state index contributed by atoms with van der Waals surface area (Å²) in [6, 6.07) is 14.1. The molecule has 0 saturated carbocycles. The van der Waals surface area contributed by atoms with E-state index in [4.69, 9.17) is 4.74 Å². The highest BCUT2D eigenvalue weighted by molar-refractivity contribution is 6.00. The zero-order valence-corrected chi connectivity index (χ0v) is 20.3. The van der Waals surface area contributed by atoms with E-state index in [-0.39, 0.29) is 30.2 Å². The largest absolute Gasteiger partial charge is 0.378 e. The lowest BCUT2D eigenvalue weighted by Gasteiger charge is -2.29. The Morgan fingerprint density at radius 3 is 2.29 bits per heavy atom. The highest BCUT2D eigenvalue weighted by Crippen LogP contribution is 2.19. The molecule has 2 aromatic carbocycles. The van der Waals surface area contributed by atoms with Crippen LogP contribution in [-0.2, 0) is 14.3 Å². The molecule has 1 aliphatic heterocycles. The molecule has 0 spiro atoms. The van der Waals surface area contributed by atoms with Gasteiger partial charge in [0, 0.05) is 37.1 Å². The van der Waals surface area contributed by atoms with Crippen molar-refractivity contribution in [2.75, 3.05) is 50.1 Å². The lowest BCUT2D eigenvalue weighted by molar-refractivity contribution is -0.135. The lowest BCUT2D eigenvalue weighted by atomic mass is 10.0. The van der Waals surface area contributed by atoms with Gasteiger partial charge >= 0.3 is 0 Å². The topological polar surface area (TPSA) is 91.0 Å². The molecule has 3 rings (SSSR count). The van der Waals surface area contributed by atoms with E-state index in [2.05, 4.69) is 15.5 Å². The van der Waals surface area contributed by atoms with Crippen LogP contribution in [-0.4, -0.2) is 68.6 Å². The molecule has 0 radical (unpaired) electrons. The Morgan fingerprint density at radius 2 is 1.68 bits per heavy atom. The Morgan fingerprint density at radius 1 is 1.03 bits per heavy atom. The molecule has 0 aliphatic carbocycles. The Hall–Kier alpha value is -3.39. The summed E-state index contributed by atoms with van der Waals surface area (Å²) in [4.78, 5) is 42.0. The molecule has 1 atom stereocenters. The van der Waals surface area contributed by atoms with Crippen molar-refractivity contribution in [3.63, 3.8) is 0 Å². The third-order valence-electron chi connectivity index (χ3n) is 5.89. The molecule has 2 N–H and O–H groups in total. The highest BCUT2D eigenvalue weighted by atomic mass is 16.5. The van der Waals surface area contributed by atoms with Crippen molar-refractivity contribution in [1.82, 2.24) is 10.2 Å². The van der Waals surface area contributed by atoms with Crippen LogP contribution in [0.25, 0.3) is 0 Å². The summed E-state index contributed by atoms with van der Waals surface area (Å²) >= 11 is 0. The number of likely N-dealkylation sites (N-methyl/N-ethyl adjacent to an activating group) is 1. The molecule has 34 heavy (non-hydrogen) atoms. The van der Waals surface area contributed by atoms with Gasteiger partial charge in [0.2, 0.25) is 11.8 Å². The summed E-state index contributed by atoms with van der Waals surface area (Å²) in [7, 11) is 1.57. The Balaban J connectivity index is 1.56. The Kier molecular flexibility index (Phi) is 8.65. The van der Waals surface area contributed by atoms with Crippen molar-refractivity contribution in [3.8, 4) is 0 Å². The first-order valence-corrected chi connectivity index (χ1v) is 11.6. The summed E-state index contributed by atoms with van der Waals surface area (Å²) in [6.45, 7) is 8.57. The van der Waals surface area contributed by atoms with E-state index in [9.17, 15) is 14.4 Å². The third-order valence-corrected chi connectivity index (χ3v) is 5.89. The number of aryl methyl sites for hydroxylation is 1. The van der Waals surface area contributed by atoms with Crippen molar-refractivity contribution in [1.29, 1.82) is 0 Å². The summed E-state index contributed by atoms with van der Waals surface area (Å²) in [5, 5.41) is 5.68. The van der Waals surface area contributed by atoms with Crippen molar-refractivity contribution >= 4 is 29.1 Å². The number of anilines is 2. The molecular weight excluding hydrogens is 432 g/mol. The maximum Gasteiger partial charge on any atom is 0.252 e. The van der Waals surface area contributed by atoms with Gasteiger partial charge in [-0.3, -0.25) is 14.4 Å². The first kappa shape index (κ1) is 25.2. The fraction of sp³-hybridized carbons (Fsp3) is 0.423. The van der Waals surface area contributed by atoms with E-state index in [0.29, 0.717) is 24.5 Å². The fourth-order valence-corrected chi connectivity index (χ4v) is 3.87. The third kappa shape index (κ3) is 6.57. The second-order valence-electron chi connectivity index (χ2n) is 8.90. The van der Waals surface area contributed by atoms with E-state index in [1.54, 1.807) is 19.2 Å². The fourth-order valence-electron chi connectivity index (χ4n) is 3.87. The number of carbonyl (C=O) groups excluding carboxylic acids is 3. The number of nitrogens with zero attached hydrogens (tertiary/aromatic N) is 2. The summed E-state index contributed by atoms with van der Waals surface area (Å²) in [6.07, 6.45) is 0. The molecule has 2 aromatic rings. The standard InChI is InChI=1S/C26H34N4O4/c1-18(2)24(28-25(32)22-8-6-5-7-19(22)3)26(33)29(4)17-23(31)27-20-9-11-21(12-10-20)30-13-15-34-16-14-30/h5-12,18,24H,13-17H2,1-4H3,(H,27,31)(H,28,32)/t24-/m0/s1. The van der Waals surface area contributed by atoms with Gasteiger partial charge in [-0.15, -0.1) is 0 Å². The van der Waals surface area contributed by atoms with Gasteiger partial charge < -0.3 is 25.2 Å². The van der Waals surface area contributed by atoms with E-state index in [0.717, 1.165) is 24.3 Å². The molecule has 1 fully saturated rings. The minimum absolute atomic E-state index is 0.118. The molecule has 1 heterocycles. The minimum Gasteiger partial charge on any atom is -0.378 e. The van der Waals surface area contributed by atoms with Crippen molar-refractivity contribution in [3.05, 3.63) is 59.7 Å². The van der Waals surface area contributed by atoms with Crippen molar-refractivity contribution in [2.24, 2.45) is 5.92 Å². The second kappa shape index (κ2) is 11.7. The second-order valence-corrected chi connectivity index (χ2v) is 8.90. The predicted molar refractivity (Wildman–Crippen MR) is 133 cm³/mol. The average Bonchev–Trinajstić information content (AvgIpc) is 2.83. The molecule has 1 aliphatic rings. The number of hydrogen-bond acceptors (Lipinski definition) is 5.